The Morgan fingerprint density at radius 1 is 1.45 bits per heavy atom. The zero-order valence-corrected chi connectivity index (χ0v) is 13.3. The number of rotatable bonds is 6. The molecule has 108 valence electrons. The average Bonchev–Trinajstić information content (AvgIpc) is 2.41. The molecule has 20 heavy (non-hydrogen) atoms. The van der Waals surface area contributed by atoms with E-state index in [2.05, 4.69) is 22.5 Å². The molecule has 0 radical (unpaired) electrons. The fourth-order valence-electron chi connectivity index (χ4n) is 1.72. The predicted molar refractivity (Wildman–Crippen MR) is 81.6 cm³/mol. The van der Waals surface area contributed by atoms with Crippen LogP contribution in [0.1, 0.15) is 22.8 Å². The van der Waals surface area contributed by atoms with Gasteiger partial charge in [0.1, 0.15) is 6.54 Å². The number of nitrogens with zero attached hydrogens (tertiary/aromatic N) is 1. The minimum Gasteiger partial charge on any atom is -0.465 e. The third-order valence-corrected chi connectivity index (χ3v) is 3.74. The van der Waals surface area contributed by atoms with E-state index in [9.17, 15) is 9.59 Å². The second-order valence-corrected chi connectivity index (χ2v) is 5.01. The fourth-order valence-corrected chi connectivity index (χ4v) is 2.15. The summed E-state index contributed by atoms with van der Waals surface area (Å²) in [5.74, 6) is -0.653. The lowest BCUT2D eigenvalue weighted by Crippen LogP contribution is -2.36. The minimum absolute atomic E-state index is 0.0843. The highest BCUT2D eigenvalue weighted by Gasteiger charge is 2.20. The third-order valence-electron chi connectivity index (χ3n) is 2.68. The summed E-state index contributed by atoms with van der Waals surface area (Å²) < 4.78 is 5.62. The number of carbonyl (C=O) groups is 2. The van der Waals surface area contributed by atoms with Gasteiger partial charge < -0.3 is 9.64 Å². The molecular weight excluding hydrogens is 322 g/mol. The lowest BCUT2D eigenvalue weighted by molar-refractivity contribution is -0.143. The maximum Gasteiger partial charge on any atom is 0.325 e. The maximum atomic E-state index is 12.5. The molecule has 0 heterocycles. The van der Waals surface area contributed by atoms with Crippen LogP contribution >= 0.6 is 15.9 Å². The second kappa shape index (κ2) is 7.85. The van der Waals surface area contributed by atoms with Gasteiger partial charge in [0.25, 0.3) is 5.91 Å². The number of hydrogen-bond acceptors (Lipinski definition) is 3. The van der Waals surface area contributed by atoms with Crippen LogP contribution in [0.4, 0.5) is 0 Å². The van der Waals surface area contributed by atoms with Gasteiger partial charge in [0.2, 0.25) is 0 Å². The number of benzene rings is 1. The average molecular weight is 340 g/mol. The van der Waals surface area contributed by atoms with Crippen molar-refractivity contribution < 1.29 is 14.3 Å². The van der Waals surface area contributed by atoms with E-state index in [4.69, 9.17) is 4.74 Å². The standard InChI is InChI=1S/C15H18BrNO3/c1-4-9-17(10-13(18)20-5-2)15(19)12-8-6-7-11(3)14(12)16/h4,6-8H,1,5,9-10H2,2-3H3. The first-order chi connectivity index (χ1) is 9.51. The minimum atomic E-state index is -0.425. The number of esters is 1. The van der Waals surface area contributed by atoms with Crippen molar-refractivity contribution >= 4 is 27.8 Å². The molecule has 0 fully saturated rings. The van der Waals surface area contributed by atoms with Crippen molar-refractivity contribution in [3.63, 3.8) is 0 Å². The summed E-state index contributed by atoms with van der Waals surface area (Å²) in [5.41, 5.74) is 1.49. The zero-order chi connectivity index (χ0) is 15.1. The number of halogens is 1. The highest BCUT2D eigenvalue weighted by atomic mass is 79.9. The first-order valence-electron chi connectivity index (χ1n) is 6.32. The smallest absolute Gasteiger partial charge is 0.325 e. The van der Waals surface area contributed by atoms with Gasteiger partial charge in [-0.25, -0.2) is 0 Å². The SMILES string of the molecule is C=CCN(CC(=O)OCC)C(=O)c1cccc(C)c1Br. The number of hydrogen-bond donors (Lipinski definition) is 0. The van der Waals surface area contributed by atoms with Gasteiger partial charge in [-0.05, 0) is 41.4 Å². The second-order valence-electron chi connectivity index (χ2n) is 4.22. The van der Waals surface area contributed by atoms with Gasteiger partial charge in [0, 0.05) is 11.0 Å². The molecule has 0 N–H and O–H groups in total. The van der Waals surface area contributed by atoms with E-state index in [1.54, 1.807) is 19.1 Å². The topological polar surface area (TPSA) is 46.6 Å². The lowest BCUT2D eigenvalue weighted by atomic mass is 10.1. The van der Waals surface area contributed by atoms with E-state index >= 15 is 0 Å². The van der Waals surface area contributed by atoms with Crippen LogP contribution in [0.15, 0.2) is 35.3 Å². The summed E-state index contributed by atoms with van der Waals surface area (Å²) in [4.78, 5) is 25.4. The van der Waals surface area contributed by atoms with E-state index in [1.807, 2.05) is 19.1 Å². The Morgan fingerprint density at radius 2 is 2.15 bits per heavy atom. The van der Waals surface area contributed by atoms with Crippen LogP contribution in [0.3, 0.4) is 0 Å². The van der Waals surface area contributed by atoms with Crippen molar-refractivity contribution in [2.75, 3.05) is 19.7 Å². The summed E-state index contributed by atoms with van der Waals surface area (Å²) >= 11 is 3.41. The molecule has 1 amide bonds. The van der Waals surface area contributed by atoms with Crippen molar-refractivity contribution in [2.45, 2.75) is 13.8 Å². The number of amides is 1. The van der Waals surface area contributed by atoms with Gasteiger partial charge in [-0.1, -0.05) is 18.2 Å². The summed E-state index contributed by atoms with van der Waals surface area (Å²) in [7, 11) is 0. The van der Waals surface area contributed by atoms with Crippen LogP contribution < -0.4 is 0 Å². The molecule has 0 unspecified atom stereocenters. The Morgan fingerprint density at radius 3 is 2.75 bits per heavy atom. The lowest BCUT2D eigenvalue weighted by Gasteiger charge is -2.21. The van der Waals surface area contributed by atoms with Crippen molar-refractivity contribution in [2.24, 2.45) is 0 Å². The van der Waals surface area contributed by atoms with E-state index in [-0.39, 0.29) is 19.0 Å². The van der Waals surface area contributed by atoms with Crippen LogP contribution in [0.25, 0.3) is 0 Å². The van der Waals surface area contributed by atoms with Crippen LogP contribution in [0, 0.1) is 6.92 Å². The van der Waals surface area contributed by atoms with E-state index in [0.717, 1.165) is 10.0 Å². The molecule has 1 rings (SSSR count). The highest BCUT2D eigenvalue weighted by molar-refractivity contribution is 9.10. The van der Waals surface area contributed by atoms with Crippen LogP contribution in [-0.4, -0.2) is 36.5 Å². The summed E-state index contributed by atoms with van der Waals surface area (Å²) in [6, 6.07) is 5.44. The van der Waals surface area contributed by atoms with Gasteiger partial charge in [-0.15, -0.1) is 6.58 Å². The summed E-state index contributed by atoms with van der Waals surface area (Å²) in [6.07, 6.45) is 1.58. The van der Waals surface area contributed by atoms with Gasteiger partial charge in [0.15, 0.2) is 0 Å². The Kier molecular flexibility index (Phi) is 6.45. The molecule has 0 aromatic heterocycles. The first kappa shape index (κ1) is 16.4. The van der Waals surface area contributed by atoms with Gasteiger partial charge >= 0.3 is 5.97 Å². The van der Waals surface area contributed by atoms with Crippen molar-refractivity contribution in [1.82, 2.24) is 4.90 Å². The summed E-state index contributed by atoms with van der Waals surface area (Å²) in [5, 5.41) is 0. The van der Waals surface area contributed by atoms with Crippen molar-refractivity contribution in [3.05, 3.63) is 46.5 Å². The van der Waals surface area contributed by atoms with Gasteiger partial charge in [0.05, 0.1) is 12.2 Å². The van der Waals surface area contributed by atoms with E-state index < -0.39 is 5.97 Å². The molecular formula is C15H18BrNO3. The Balaban J connectivity index is 2.96. The largest absolute Gasteiger partial charge is 0.465 e. The molecule has 5 heteroatoms. The molecule has 0 aliphatic heterocycles. The normalized spacial score (nSPS) is 9.95. The third kappa shape index (κ3) is 4.20. The highest BCUT2D eigenvalue weighted by Crippen LogP contribution is 2.22. The molecule has 0 spiro atoms. The zero-order valence-electron chi connectivity index (χ0n) is 11.7. The summed E-state index contributed by atoms with van der Waals surface area (Å²) in [6.45, 7) is 7.75. The fraction of sp³-hybridized carbons (Fsp3) is 0.333. The molecule has 0 aliphatic carbocycles. The van der Waals surface area contributed by atoms with E-state index in [1.165, 1.54) is 4.90 Å². The number of aryl methyl sites for hydroxylation is 1. The molecule has 0 saturated carbocycles. The Bertz CT molecular complexity index is 514. The van der Waals surface area contributed by atoms with Crippen LogP contribution in [-0.2, 0) is 9.53 Å². The predicted octanol–water partition coefficient (Wildman–Crippen LogP) is 2.95. The molecule has 0 saturated heterocycles. The number of carbonyl (C=O) groups excluding carboxylic acids is 2. The van der Waals surface area contributed by atoms with Gasteiger partial charge in [-0.3, -0.25) is 9.59 Å². The Hall–Kier alpha value is -1.62. The van der Waals surface area contributed by atoms with E-state index in [0.29, 0.717) is 12.2 Å². The molecule has 0 aliphatic rings. The van der Waals surface area contributed by atoms with Crippen molar-refractivity contribution in [3.8, 4) is 0 Å². The maximum absolute atomic E-state index is 12.5. The van der Waals surface area contributed by atoms with Crippen LogP contribution in [0.2, 0.25) is 0 Å². The van der Waals surface area contributed by atoms with Crippen molar-refractivity contribution in [1.29, 1.82) is 0 Å². The monoisotopic (exact) mass is 339 g/mol. The molecule has 1 aromatic rings. The molecule has 0 atom stereocenters. The first-order valence-corrected chi connectivity index (χ1v) is 7.11. The Labute approximate surface area is 127 Å². The van der Waals surface area contributed by atoms with Gasteiger partial charge in [-0.2, -0.15) is 0 Å². The number of ether oxygens (including phenoxy) is 1. The molecule has 1 aromatic carbocycles. The molecule has 0 bridgehead atoms. The molecule has 4 nitrogen and oxygen atoms in total. The quantitative estimate of drug-likeness (QED) is 0.591. The van der Waals surface area contributed by atoms with Crippen LogP contribution in [0.5, 0.6) is 0 Å².